The van der Waals surface area contributed by atoms with Gasteiger partial charge in [-0.3, -0.25) is 4.79 Å². The number of amides is 1. The van der Waals surface area contributed by atoms with Gasteiger partial charge in [-0.1, -0.05) is 0 Å². The molecule has 1 rings (SSSR count). The van der Waals surface area contributed by atoms with Gasteiger partial charge in [0.25, 0.3) is 0 Å². The lowest BCUT2D eigenvalue weighted by Gasteiger charge is -2.22. The Labute approximate surface area is 117 Å². The van der Waals surface area contributed by atoms with E-state index < -0.39 is 12.0 Å². The Balaban J connectivity index is 2.32. The fourth-order valence-electron chi connectivity index (χ4n) is 1.96. The number of hydrogen-bond acceptors (Lipinski definition) is 4. The Kier molecular flexibility index (Phi) is 7.58. The van der Waals surface area contributed by atoms with Crippen LogP contribution < -0.4 is 5.32 Å². The summed E-state index contributed by atoms with van der Waals surface area (Å²) in [4.78, 5) is 22.8. The summed E-state index contributed by atoms with van der Waals surface area (Å²) in [5.41, 5.74) is 0. The number of carboxylic acid groups (broad SMARTS) is 1. The van der Waals surface area contributed by atoms with E-state index in [9.17, 15) is 9.59 Å². The summed E-state index contributed by atoms with van der Waals surface area (Å²) in [6.45, 7) is 0. The van der Waals surface area contributed by atoms with Crippen LogP contribution in [-0.4, -0.2) is 46.5 Å². The van der Waals surface area contributed by atoms with E-state index in [4.69, 9.17) is 5.11 Å². The quantitative estimate of drug-likeness (QED) is 0.749. The van der Waals surface area contributed by atoms with E-state index in [2.05, 4.69) is 5.32 Å². The van der Waals surface area contributed by atoms with Gasteiger partial charge in [-0.15, -0.1) is 0 Å². The molecule has 0 aliphatic carbocycles. The molecule has 0 unspecified atom stereocenters. The first kappa shape index (κ1) is 15.7. The Morgan fingerprint density at radius 3 is 2.67 bits per heavy atom. The maximum Gasteiger partial charge on any atom is 0.326 e. The number of rotatable bonds is 7. The Morgan fingerprint density at radius 2 is 2.11 bits per heavy atom. The number of carboxylic acids is 1. The average Bonchev–Trinajstić information content (AvgIpc) is 2.35. The van der Waals surface area contributed by atoms with Gasteiger partial charge in [-0.05, 0) is 48.7 Å². The van der Waals surface area contributed by atoms with E-state index in [0.29, 0.717) is 18.8 Å². The zero-order valence-electron chi connectivity index (χ0n) is 10.7. The van der Waals surface area contributed by atoms with Crippen LogP contribution in [0.4, 0.5) is 0 Å². The molecule has 0 bridgehead atoms. The first-order chi connectivity index (χ1) is 8.63. The van der Waals surface area contributed by atoms with Crippen LogP contribution in [0.25, 0.3) is 0 Å². The highest BCUT2D eigenvalue weighted by molar-refractivity contribution is 7.99. The van der Waals surface area contributed by atoms with Crippen LogP contribution in [0, 0.1) is 5.92 Å². The predicted octanol–water partition coefficient (Wildman–Crippen LogP) is 1.84. The first-order valence-electron chi connectivity index (χ1n) is 6.22. The van der Waals surface area contributed by atoms with Gasteiger partial charge >= 0.3 is 5.97 Å². The van der Waals surface area contributed by atoms with Gasteiger partial charge in [0.1, 0.15) is 6.04 Å². The average molecular weight is 291 g/mol. The van der Waals surface area contributed by atoms with Gasteiger partial charge in [-0.25, -0.2) is 4.79 Å². The van der Waals surface area contributed by atoms with Crippen molar-refractivity contribution in [2.45, 2.75) is 31.7 Å². The van der Waals surface area contributed by atoms with Crippen molar-refractivity contribution in [3.63, 3.8) is 0 Å². The highest BCUT2D eigenvalue weighted by Crippen LogP contribution is 2.25. The van der Waals surface area contributed by atoms with E-state index in [1.165, 1.54) is 0 Å². The van der Waals surface area contributed by atoms with Crippen molar-refractivity contribution in [1.82, 2.24) is 5.32 Å². The fourth-order valence-corrected chi connectivity index (χ4v) is 3.63. The largest absolute Gasteiger partial charge is 0.480 e. The Hall–Kier alpha value is -0.360. The predicted molar refractivity (Wildman–Crippen MR) is 77.2 cm³/mol. The summed E-state index contributed by atoms with van der Waals surface area (Å²) in [5, 5.41) is 11.7. The van der Waals surface area contributed by atoms with Gasteiger partial charge in [-0.2, -0.15) is 23.5 Å². The highest BCUT2D eigenvalue weighted by atomic mass is 32.2. The third kappa shape index (κ3) is 6.00. The van der Waals surface area contributed by atoms with Gasteiger partial charge in [0.15, 0.2) is 0 Å². The molecule has 104 valence electrons. The summed E-state index contributed by atoms with van der Waals surface area (Å²) in [6, 6.07) is -0.733. The summed E-state index contributed by atoms with van der Waals surface area (Å²) in [5.74, 6) is 2.37. The molecule has 0 saturated carbocycles. The minimum absolute atomic E-state index is 0.111. The van der Waals surface area contributed by atoms with E-state index in [-0.39, 0.29) is 5.91 Å². The fraction of sp³-hybridized carbons (Fsp3) is 0.833. The normalized spacial score (nSPS) is 18.3. The monoisotopic (exact) mass is 291 g/mol. The van der Waals surface area contributed by atoms with Gasteiger partial charge in [0.2, 0.25) is 5.91 Å². The number of carbonyl (C=O) groups is 2. The first-order valence-corrected chi connectivity index (χ1v) is 8.77. The lowest BCUT2D eigenvalue weighted by molar-refractivity contribution is -0.142. The summed E-state index contributed by atoms with van der Waals surface area (Å²) < 4.78 is 0. The molecule has 0 radical (unpaired) electrons. The molecule has 0 aromatic heterocycles. The number of carbonyl (C=O) groups excluding carboxylic acids is 1. The summed E-state index contributed by atoms with van der Waals surface area (Å²) in [6.07, 6.45) is 5.04. The molecule has 2 N–H and O–H groups in total. The molecule has 1 saturated heterocycles. The van der Waals surface area contributed by atoms with Crippen LogP contribution >= 0.6 is 23.5 Å². The van der Waals surface area contributed by atoms with Crippen molar-refractivity contribution in [3.05, 3.63) is 0 Å². The van der Waals surface area contributed by atoms with Gasteiger partial charge < -0.3 is 10.4 Å². The van der Waals surface area contributed by atoms with Crippen molar-refractivity contribution in [3.8, 4) is 0 Å². The molecular weight excluding hydrogens is 270 g/mol. The summed E-state index contributed by atoms with van der Waals surface area (Å²) in [7, 11) is 0. The standard InChI is InChI=1S/C12H21NO3S2/c1-17-5-4-10(12(15)16)13-11(14)8-9-2-6-18-7-3-9/h9-10H,2-8H2,1H3,(H,13,14)(H,15,16)/t10-/m0/s1. The van der Waals surface area contributed by atoms with Crippen LogP contribution in [0.15, 0.2) is 0 Å². The molecule has 1 heterocycles. The zero-order chi connectivity index (χ0) is 13.4. The van der Waals surface area contributed by atoms with E-state index >= 15 is 0 Å². The molecule has 1 aliphatic heterocycles. The zero-order valence-corrected chi connectivity index (χ0v) is 12.3. The molecule has 1 fully saturated rings. The number of nitrogens with one attached hydrogen (secondary N) is 1. The van der Waals surface area contributed by atoms with Gasteiger partial charge in [0, 0.05) is 6.42 Å². The van der Waals surface area contributed by atoms with Gasteiger partial charge in [0.05, 0.1) is 0 Å². The smallest absolute Gasteiger partial charge is 0.326 e. The number of aliphatic carboxylic acids is 1. The Morgan fingerprint density at radius 1 is 1.44 bits per heavy atom. The topological polar surface area (TPSA) is 66.4 Å². The minimum atomic E-state index is -0.934. The maximum absolute atomic E-state index is 11.8. The van der Waals surface area contributed by atoms with E-state index in [0.717, 1.165) is 30.1 Å². The molecule has 1 amide bonds. The lowest BCUT2D eigenvalue weighted by Crippen LogP contribution is -2.41. The second-order valence-corrected chi connectivity index (χ2v) is 6.71. The SMILES string of the molecule is CSCC[C@H](NC(=O)CC1CCSCC1)C(=O)O. The van der Waals surface area contributed by atoms with Crippen LogP contribution in [0.2, 0.25) is 0 Å². The molecule has 4 nitrogen and oxygen atoms in total. The van der Waals surface area contributed by atoms with Crippen molar-refractivity contribution < 1.29 is 14.7 Å². The van der Waals surface area contributed by atoms with Crippen LogP contribution in [-0.2, 0) is 9.59 Å². The molecular formula is C12H21NO3S2. The molecule has 6 heteroatoms. The number of thioether (sulfide) groups is 2. The van der Waals surface area contributed by atoms with Crippen LogP contribution in [0.3, 0.4) is 0 Å². The molecule has 18 heavy (non-hydrogen) atoms. The third-order valence-electron chi connectivity index (χ3n) is 3.06. The van der Waals surface area contributed by atoms with Crippen molar-refractivity contribution >= 4 is 35.4 Å². The maximum atomic E-state index is 11.8. The molecule has 0 aromatic rings. The molecule has 0 aromatic carbocycles. The molecule has 1 atom stereocenters. The minimum Gasteiger partial charge on any atom is -0.480 e. The Bertz CT molecular complexity index is 280. The van der Waals surface area contributed by atoms with Crippen molar-refractivity contribution in [2.75, 3.05) is 23.5 Å². The van der Waals surface area contributed by atoms with Crippen molar-refractivity contribution in [1.29, 1.82) is 0 Å². The van der Waals surface area contributed by atoms with E-state index in [1.807, 2.05) is 18.0 Å². The highest BCUT2D eigenvalue weighted by Gasteiger charge is 2.22. The molecule has 1 aliphatic rings. The van der Waals surface area contributed by atoms with Crippen LogP contribution in [0.5, 0.6) is 0 Å². The summed E-state index contributed by atoms with van der Waals surface area (Å²) >= 11 is 3.52. The number of hydrogen-bond donors (Lipinski definition) is 2. The van der Waals surface area contributed by atoms with E-state index in [1.54, 1.807) is 11.8 Å². The lowest BCUT2D eigenvalue weighted by atomic mass is 9.98. The second kappa shape index (κ2) is 8.69. The second-order valence-electron chi connectivity index (χ2n) is 4.50. The molecule has 0 spiro atoms. The third-order valence-corrected chi connectivity index (χ3v) is 4.75. The van der Waals surface area contributed by atoms with Crippen LogP contribution in [0.1, 0.15) is 25.7 Å². The van der Waals surface area contributed by atoms with Crippen molar-refractivity contribution in [2.24, 2.45) is 5.92 Å².